The molecule has 0 saturated heterocycles. The van der Waals surface area contributed by atoms with E-state index in [1.165, 1.54) is 7.11 Å². The zero-order valence-electron chi connectivity index (χ0n) is 7.09. The van der Waals surface area contributed by atoms with Gasteiger partial charge in [-0.05, 0) is 30.7 Å². The van der Waals surface area contributed by atoms with Crippen LogP contribution in [0.15, 0.2) is 18.2 Å². The maximum atomic E-state index is 9.19. The molecular formula is C9H11NO2. The van der Waals surface area contributed by atoms with E-state index < -0.39 is 0 Å². The minimum Gasteiger partial charge on any atom is -0.508 e. The molecule has 64 valence electrons. The third-order valence-electron chi connectivity index (χ3n) is 1.66. The summed E-state index contributed by atoms with van der Waals surface area (Å²) >= 11 is 0. The number of phenolic OH excluding ortho intramolecular Hbond substituents is 1. The lowest BCUT2D eigenvalue weighted by Gasteiger charge is -2.03. The van der Waals surface area contributed by atoms with Gasteiger partial charge < -0.3 is 9.84 Å². The summed E-state index contributed by atoms with van der Waals surface area (Å²) in [5.41, 5.74) is 1.42. The lowest BCUT2D eigenvalue weighted by Crippen LogP contribution is -2.00. The van der Waals surface area contributed by atoms with Gasteiger partial charge in [-0.25, -0.2) is 0 Å². The highest BCUT2D eigenvalue weighted by molar-refractivity contribution is 5.91. The summed E-state index contributed by atoms with van der Waals surface area (Å²) in [5, 5.41) is 16.5. The first-order chi connectivity index (χ1) is 5.65. The van der Waals surface area contributed by atoms with Crippen LogP contribution in [0.1, 0.15) is 11.1 Å². The van der Waals surface area contributed by atoms with Crippen LogP contribution in [0.4, 0.5) is 0 Å². The van der Waals surface area contributed by atoms with Crippen LogP contribution < -0.4 is 0 Å². The van der Waals surface area contributed by atoms with Gasteiger partial charge in [-0.1, -0.05) is 0 Å². The Kier molecular flexibility index (Phi) is 2.33. The first kappa shape index (κ1) is 8.59. The fourth-order valence-electron chi connectivity index (χ4n) is 0.915. The number of hydrogen-bond acceptors (Lipinski definition) is 3. The third kappa shape index (κ3) is 1.56. The third-order valence-corrected chi connectivity index (χ3v) is 1.66. The molecule has 0 amide bonds. The highest BCUT2D eigenvalue weighted by Gasteiger charge is 2.02. The van der Waals surface area contributed by atoms with Crippen molar-refractivity contribution in [3.63, 3.8) is 0 Å². The number of aromatic hydroxyl groups is 1. The molecule has 0 atom stereocenters. The predicted molar refractivity (Wildman–Crippen MR) is 46.7 cm³/mol. The molecule has 3 nitrogen and oxygen atoms in total. The molecular weight excluding hydrogens is 154 g/mol. The molecule has 1 aromatic rings. The molecule has 0 saturated carbocycles. The fourth-order valence-corrected chi connectivity index (χ4v) is 0.915. The standard InChI is InChI=1S/C9H11NO2/c1-6-5-7(9(10)12-2)3-4-8(6)11/h3-5,10-11H,1-2H3. The number of ether oxygens (including phenoxy) is 1. The van der Waals surface area contributed by atoms with Crippen molar-refractivity contribution in [1.29, 1.82) is 5.41 Å². The van der Waals surface area contributed by atoms with Crippen LogP contribution >= 0.6 is 0 Å². The first-order valence-electron chi connectivity index (χ1n) is 3.57. The van der Waals surface area contributed by atoms with Gasteiger partial charge in [-0.15, -0.1) is 0 Å². The van der Waals surface area contributed by atoms with Crippen LogP contribution in [0.3, 0.4) is 0 Å². The number of hydrogen-bond donors (Lipinski definition) is 2. The predicted octanol–water partition coefficient (Wildman–Crippen LogP) is 1.67. The lowest BCUT2D eigenvalue weighted by atomic mass is 10.1. The van der Waals surface area contributed by atoms with E-state index in [0.717, 1.165) is 5.56 Å². The highest BCUT2D eigenvalue weighted by atomic mass is 16.5. The molecule has 12 heavy (non-hydrogen) atoms. The van der Waals surface area contributed by atoms with Crippen molar-refractivity contribution in [1.82, 2.24) is 0 Å². The average Bonchev–Trinajstić information content (AvgIpc) is 2.08. The Balaban J connectivity index is 3.05. The van der Waals surface area contributed by atoms with E-state index in [2.05, 4.69) is 0 Å². The van der Waals surface area contributed by atoms with Crippen molar-refractivity contribution in [2.45, 2.75) is 6.92 Å². The van der Waals surface area contributed by atoms with Gasteiger partial charge in [0.2, 0.25) is 5.90 Å². The van der Waals surface area contributed by atoms with Gasteiger partial charge in [0.25, 0.3) is 0 Å². The van der Waals surface area contributed by atoms with Crippen molar-refractivity contribution >= 4 is 5.90 Å². The van der Waals surface area contributed by atoms with Crippen LogP contribution in [-0.4, -0.2) is 18.1 Å². The number of methoxy groups -OCH3 is 1. The smallest absolute Gasteiger partial charge is 0.212 e. The van der Waals surface area contributed by atoms with Crippen LogP contribution in [0.25, 0.3) is 0 Å². The Bertz CT molecular complexity index is 307. The largest absolute Gasteiger partial charge is 0.508 e. The molecule has 0 aromatic heterocycles. The van der Waals surface area contributed by atoms with Crippen LogP contribution in [0, 0.1) is 12.3 Å². The summed E-state index contributed by atoms with van der Waals surface area (Å²) in [6.07, 6.45) is 0. The minimum atomic E-state index is 0.109. The summed E-state index contributed by atoms with van der Waals surface area (Å²) in [7, 11) is 1.45. The van der Waals surface area contributed by atoms with Crippen molar-refractivity contribution in [3.8, 4) is 5.75 Å². The second kappa shape index (κ2) is 3.26. The summed E-state index contributed by atoms with van der Waals surface area (Å²) < 4.78 is 4.73. The van der Waals surface area contributed by atoms with Crippen LogP contribution in [0.2, 0.25) is 0 Å². The van der Waals surface area contributed by atoms with Gasteiger partial charge >= 0.3 is 0 Å². The van der Waals surface area contributed by atoms with Crippen LogP contribution in [-0.2, 0) is 4.74 Å². The zero-order chi connectivity index (χ0) is 9.14. The topological polar surface area (TPSA) is 53.3 Å². The van der Waals surface area contributed by atoms with E-state index >= 15 is 0 Å². The number of aryl methyl sites for hydroxylation is 1. The van der Waals surface area contributed by atoms with E-state index in [0.29, 0.717) is 5.56 Å². The van der Waals surface area contributed by atoms with E-state index in [1.54, 1.807) is 25.1 Å². The molecule has 0 bridgehead atoms. The quantitative estimate of drug-likeness (QED) is 0.491. The summed E-state index contributed by atoms with van der Waals surface area (Å²) in [6.45, 7) is 1.78. The Morgan fingerprint density at radius 1 is 1.50 bits per heavy atom. The molecule has 0 aliphatic rings. The monoisotopic (exact) mass is 165 g/mol. The van der Waals surface area contributed by atoms with E-state index in [1.807, 2.05) is 0 Å². The van der Waals surface area contributed by atoms with Crippen molar-refractivity contribution in [2.75, 3.05) is 7.11 Å². The van der Waals surface area contributed by atoms with Crippen molar-refractivity contribution in [2.24, 2.45) is 0 Å². The number of phenols is 1. The number of rotatable bonds is 1. The lowest BCUT2D eigenvalue weighted by molar-refractivity contribution is 0.401. The second-order valence-electron chi connectivity index (χ2n) is 2.53. The SMILES string of the molecule is COC(=N)c1ccc(O)c(C)c1. The Hall–Kier alpha value is -1.51. The molecule has 0 radical (unpaired) electrons. The Morgan fingerprint density at radius 2 is 2.17 bits per heavy atom. The average molecular weight is 165 g/mol. The van der Waals surface area contributed by atoms with Crippen LogP contribution in [0.5, 0.6) is 5.75 Å². The molecule has 1 rings (SSSR count). The Morgan fingerprint density at radius 3 is 2.67 bits per heavy atom. The van der Waals surface area contributed by atoms with Crippen molar-refractivity contribution in [3.05, 3.63) is 29.3 Å². The summed E-state index contributed by atoms with van der Waals surface area (Å²) in [6, 6.07) is 4.91. The summed E-state index contributed by atoms with van der Waals surface area (Å²) in [4.78, 5) is 0. The summed E-state index contributed by atoms with van der Waals surface area (Å²) in [5.74, 6) is 0.348. The van der Waals surface area contributed by atoms with Gasteiger partial charge in [0.05, 0.1) is 7.11 Å². The first-order valence-corrected chi connectivity index (χ1v) is 3.57. The molecule has 0 aliphatic heterocycles. The minimum absolute atomic E-state index is 0.109. The van der Waals surface area contributed by atoms with Crippen molar-refractivity contribution < 1.29 is 9.84 Å². The molecule has 0 aliphatic carbocycles. The maximum Gasteiger partial charge on any atom is 0.212 e. The molecule has 0 unspecified atom stereocenters. The zero-order valence-corrected chi connectivity index (χ0v) is 7.09. The molecule has 3 heteroatoms. The van der Waals surface area contributed by atoms with E-state index in [4.69, 9.17) is 10.1 Å². The normalized spacial score (nSPS) is 9.50. The van der Waals surface area contributed by atoms with Gasteiger partial charge in [0.1, 0.15) is 5.75 Å². The molecule has 2 N–H and O–H groups in total. The molecule has 1 aromatic carbocycles. The van der Waals surface area contributed by atoms with E-state index in [9.17, 15) is 5.11 Å². The Labute approximate surface area is 71.1 Å². The fraction of sp³-hybridized carbons (Fsp3) is 0.222. The molecule has 0 fully saturated rings. The second-order valence-corrected chi connectivity index (χ2v) is 2.53. The van der Waals surface area contributed by atoms with Gasteiger partial charge in [0, 0.05) is 5.56 Å². The molecule has 0 heterocycles. The number of benzene rings is 1. The van der Waals surface area contributed by atoms with Gasteiger partial charge in [0.15, 0.2) is 0 Å². The maximum absolute atomic E-state index is 9.19. The van der Waals surface area contributed by atoms with Gasteiger partial charge in [-0.3, -0.25) is 5.41 Å². The van der Waals surface area contributed by atoms with Gasteiger partial charge in [-0.2, -0.15) is 0 Å². The molecule has 0 spiro atoms. The number of nitrogens with one attached hydrogen (secondary N) is 1. The van der Waals surface area contributed by atoms with E-state index in [-0.39, 0.29) is 11.6 Å². The highest BCUT2D eigenvalue weighted by Crippen LogP contribution is 2.17.